The van der Waals surface area contributed by atoms with E-state index in [-0.39, 0.29) is 5.57 Å². The van der Waals surface area contributed by atoms with Gasteiger partial charge in [-0.15, -0.1) is 0 Å². The number of nitrogens with one attached hydrogen (secondary N) is 1. The SMILES string of the molecule is COc1ccc(NC(=O)/C(C#N)=C\c2ccccc2)cc1. The molecule has 0 aliphatic rings. The smallest absolute Gasteiger partial charge is 0.266 e. The molecule has 0 radical (unpaired) electrons. The first-order valence-corrected chi connectivity index (χ1v) is 6.35. The van der Waals surface area contributed by atoms with E-state index in [1.165, 1.54) is 0 Å². The number of amides is 1. The topological polar surface area (TPSA) is 62.1 Å². The van der Waals surface area contributed by atoms with Gasteiger partial charge in [0.25, 0.3) is 5.91 Å². The van der Waals surface area contributed by atoms with Crippen LogP contribution in [0, 0.1) is 11.3 Å². The van der Waals surface area contributed by atoms with Crippen molar-refractivity contribution in [2.45, 2.75) is 0 Å². The first-order chi connectivity index (χ1) is 10.2. The highest BCUT2D eigenvalue weighted by molar-refractivity contribution is 6.09. The fraction of sp³-hybridized carbons (Fsp3) is 0.0588. The zero-order chi connectivity index (χ0) is 15.1. The molecule has 0 saturated heterocycles. The number of ether oxygens (including phenoxy) is 1. The normalized spacial score (nSPS) is 10.6. The Balaban J connectivity index is 2.13. The molecule has 0 heterocycles. The maximum absolute atomic E-state index is 12.1. The summed E-state index contributed by atoms with van der Waals surface area (Å²) in [4.78, 5) is 12.1. The number of nitrogens with zero attached hydrogens (tertiary/aromatic N) is 1. The molecule has 2 aromatic carbocycles. The van der Waals surface area contributed by atoms with Crippen LogP contribution in [0.5, 0.6) is 5.75 Å². The molecule has 1 N–H and O–H groups in total. The van der Waals surface area contributed by atoms with Gasteiger partial charge in [0.15, 0.2) is 0 Å². The Morgan fingerprint density at radius 2 is 1.81 bits per heavy atom. The molecule has 21 heavy (non-hydrogen) atoms. The van der Waals surface area contributed by atoms with Gasteiger partial charge in [0.1, 0.15) is 17.4 Å². The van der Waals surface area contributed by atoms with Crippen LogP contribution in [0.1, 0.15) is 5.56 Å². The minimum absolute atomic E-state index is 0.0528. The van der Waals surface area contributed by atoms with Gasteiger partial charge in [-0.25, -0.2) is 0 Å². The molecular weight excluding hydrogens is 264 g/mol. The lowest BCUT2D eigenvalue weighted by Crippen LogP contribution is -2.13. The highest BCUT2D eigenvalue weighted by Crippen LogP contribution is 2.16. The Kier molecular flexibility index (Phi) is 4.73. The molecule has 0 saturated carbocycles. The van der Waals surface area contributed by atoms with Crippen molar-refractivity contribution < 1.29 is 9.53 Å². The summed E-state index contributed by atoms with van der Waals surface area (Å²) in [5.74, 6) is 0.264. The number of hydrogen-bond acceptors (Lipinski definition) is 3. The highest BCUT2D eigenvalue weighted by atomic mass is 16.5. The van der Waals surface area contributed by atoms with E-state index in [0.717, 1.165) is 5.56 Å². The van der Waals surface area contributed by atoms with Crippen molar-refractivity contribution in [3.8, 4) is 11.8 Å². The van der Waals surface area contributed by atoms with E-state index in [1.807, 2.05) is 36.4 Å². The summed E-state index contributed by atoms with van der Waals surface area (Å²) in [6, 6.07) is 18.1. The van der Waals surface area contributed by atoms with Crippen molar-refractivity contribution in [2.75, 3.05) is 12.4 Å². The lowest BCUT2D eigenvalue weighted by atomic mass is 10.1. The largest absolute Gasteiger partial charge is 0.497 e. The number of benzene rings is 2. The van der Waals surface area contributed by atoms with Gasteiger partial charge >= 0.3 is 0 Å². The molecular formula is C17H14N2O2. The van der Waals surface area contributed by atoms with Crippen molar-refractivity contribution >= 4 is 17.7 Å². The fourth-order valence-electron chi connectivity index (χ4n) is 1.74. The fourth-order valence-corrected chi connectivity index (χ4v) is 1.74. The van der Waals surface area contributed by atoms with E-state index < -0.39 is 5.91 Å². The third kappa shape index (κ3) is 3.95. The average Bonchev–Trinajstić information content (AvgIpc) is 2.54. The Morgan fingerprint density at radius 3 is 2.38 bits per heavy atom. The monoisotopic (exact) mass is 278 g/mol. The molecule has 2 rings (SSSR count). The van der Waals surface area contributed by atoms with Crippen LogP contribution in [0.3, 0.4) is 0 Å². The summed E-state index contributed by atoms with van der Waals surface area (Å²) in [6.07, 6.45) is 1.55. The molecule has 0 aliphatic carbocycles. The summed E-state index contributed by atoms with van der Waals surface area (Å²) in [6.45, 7) is 0. The minimum atomic E-state index is -0.438. The first-order valence-electron chi connectivity index (χ1n) is 6.35. The Hall–Kier alpha value is -3.06. The van der Waals surface area contributed by atoms with Crippen molar-refractivity contribution in [1.29, 1.82) is 5.26 Å². The number of rotatable bonds is 4. The lowest BCUT2D eigenvalue weighted by molar-refractivity contribution is -0.112. The van der Waals surface area contributed by atoms with Crippen LogP contribution >= 0.6 is 0 Å². The van der Waals surface area contributed by atoms with Gasteiger partial charge in [0.05, 0.1) is 7.11 Å². The average molecular weight is 278 g/mol. The van der Waals surface area contributed by atoms with E-state index in [1.54, 1.807) is 37.5 Å². The number of nitriles is 1. The van der Waals surface area contributed by atoms with Gasteiger partial charge in [0.2, 0.25) is 0 Å². The molecule has 0 bridgehead atoms. The van der Waals surface area contributed by atoms with E-state index in [4.69, 9.17) is 10.00 Å². The Bertz CT molecular complexity index is 683. The summed E-state index contributed by atoms with van der Waals surface area (Å²) >= 11 is 0. The summed E-state index contributed by atoms with van der Waals surface area (Å²) in [5, 5.41) is 11.8. The third-order valence-electron chi connectivity index (χ3n) is 2.82. The van der Waals surface area contributed by atoms with Crippen molar-refractivity contribution in [3.05, 3.63) is 65.7 Å². The second-order valence-electron chi connectivity index (χ2n) is 4.26. The van der Waals surface area contributed by atoms with Gasteiger partial charge in [0, 0.05) is 5.69 Å². The van der Waals surface area contributed by atoms with E-state index in [9.17, 15) is 4.79 Å². The summed E-state index contributed by atoms with van der Waals surface area (Å²) in [7, 11) is 1.57. The lowest BCUT2D eigenvalue weighted by Gasteiger charge is -2.05. The summed E-state index contributed by atoms with van der Waals surface area (Å²) in [5.41, 5.74) is 1.46. The standard InChI is InChI=1S/C17H14N2O2/c1-21-16-9-7-15(8-10-16)19-17(20)14(12-18)11-13-5-3-2-4-6-13/h2-11H,1H3,(H,19,20)/b14-11-. The molecule has 0 atom stereocenters. The number of carbonyl (C=O) groups is 1. The number of methoxy groups -OCH3 is 1. The summed E-state index contributed by atoms with van der Waals surface area (Å²) < 4.78 is 5.05. The molecule has 0 aromatic heterocycles. The number of carbonyl (C=O) groups excluding carboxylic acids is 1. The number of hydrogen-bond donors (Lipinski definition) is 1. The van der Waals surface area contributed by atoms with Crippen LogP contribution in [0.25, 0.3) is 6.08 Å². The van der Waals surface area contributed by atoms with Crippen molar-refractivity contribution in [3.63, 3.8) is 0 Å². The van der Waals surface area contributed by atoms with Gasteiger partial charge in [-0.05, 0) is 35.9 Å². The van der Waals surface area contributed by atoms with Crippen LogP contribution in [0.4, 0.5) is 5.69 Å². The molecule has 4 nitrogen and oxygen atoms in total. The molecule has 0 unspecified atom stereocenters. The molecule has 1 amide bonds. The van der Waals surface area contributed by atoms with Crippen LogP contribution in [-0.2, 0) is 4.79 Å². The predicted molar refractivity (Wildman–Crippen MR) is 81.7 cm³/mol. The van der Waals surface area contributed by atoms with Crippen LogP contribution in [-0.4, -0.2) is 13.0 Å². The zero-order valence-electron chi connectivity index (χ0n) is 11.5. The van der Waals surface area contributed by atoms with Crippen molar-refractivity contribution in [1.82, 2.24) is 0 Å². The maximum atomic E-state index is 12.1. The molecule has 0 aliphatic heterocycles. The zero-order valence-corrected chi connectivity index (χ0v) is 11.5. The Morgan fingerprint density at radius 1 is 1.14 bits per heavy atom. The quantitative estimate of drug-likeness (QED) is 0.689. The molecule has 2 aromatic rings. The van der Waals surface area contributed by atoms with E-state index in [2.05, 4.69) is 5.32 Å². The molecule has 4 heteroatoms. The second-order valence-corrected chi connectivity index (χ2v) is 4.26. The van der Waals surface area contributed by atoms with Gasteiger partial charge in [-0.2, -0.15) is 5.26 Å². The van der Waals surface area contributed by atoms with Crippen LogP contribution < -0.4 is 10.1 Å². The highest BCUT2D eigenvalue weighted by Gasteiger charge is 2.09. The van der Waals surface area contributed by atoms with Gasteiger partial charge < -0.3 is 10.1 Å². The Labute approximate surface area is 123 Å². The maximum Gasteiger partial charge on any atom is 0.266 e. The third-order valence-corrected chi connectivity index (χ3v) is 2.82. The first kappa shape index (κ1) is 14.4. The van der Waals surface area contributed by atoms with Crippen LogP contribution in [0.15, 0.2) is 60.2 Å². The van der Waals surface area contributed by atoms with Crippen molar-refractivity contribution in [2.24, 2.45) is 0 Å². The number of anilines is 1. The van der Waals surface area contributed by atoms with E-state index in [0.29, 0.717) is 11.4 Å². The predicted octanol–water partition coefficient (Wildman–Crippen LogP) is 3.24. The van der Waals surface area contributed by atoms with Gasteiger partial charge in [-0.3, -0.25) is 4.79 Å². The minimum Gasteiger partial charge on any atom is -0.497 e. The van der Waals surface area contributed by atoms with Crippen LogP contribution in [0.2, 0.25) is 0 Å². The second kappa shape index (κ2) is 6.92. The molecule has 0 fully saturated rings. The molecule has 104 valence electrons. The van der Waals surface area contributed by atoms with E-state index >= 15 is 0 Å². The van der Waals surface area contributed by atoms with Gasteiger partial charge in [-0.1, -0.05) is 30.3 Å². The molecule has 0 spiro atoms.